The summed E-state index contributed by atoms with van der Waals surface area (Å²) in [7, 11) is 0. The molecule has 0 aliphatic heterocycles. The summed E-state index contributed by atoms with van der Waals surface area (Å²) in [4.78, 5) is 0. The van der Waals surface area contributed by atoms with E-state index in [2.05, 4.69) is 13.8 Å². The molecule has 1 fully saturated rings. The lowest BCUT2D eigenvalue weighted by Gasteiger charge is -2.35. The zero-order valence-electron chi connectivity index (χ0n) is 11.0. The van der Waals surface area contributed by atoms with E-state index in [0.717, 1.165) is 18.9 Å². The van der Waals surface area contributed by atoms with Crippen LogP contribution in [0.5, 0.6) is 0 Å². The smallest absolute Gasteiger partial charge is 0.128 e. The average molecular weight is 253 g/mol. The van der Waals surface area contributed by atoms with Crippen LogP contribution in [0.4, 0.5) is 8.78 Å². The molecule has 1 saturated carbocycles. The lowest BCUT2D eigenvalue weighted by Crippen LogP contribution is -2.30. The van der Waals surface area contributed by atoms with Crippen molar-refractivity contribution in [3.63, 3.8) is 0 Å². The number of hydrogen-bond acceptors (Lipinski definition) is 1. The highest BCUT2D eigenvalue weighted by molar-refractivity contribution is 5.22. The molecule has 0 bridgehead atoms. The average Bonchev–Trinajstić information content (AvgIpc) is 2.30. The molecule has 3 atom stereocenters. The van der Waals surface area contributed by atoms with E-state index >= 15 is 0 Å². The van der Waals surface area contributed by atoms with Gasteiger partial charge in [-0.25, -0.2) is 8.78 Å². The zero-order chi connectivity index (χ0) is 13.3. The van der Waals surface area contributed by atoms with E-state index in [4.69, 9.17) is 5.73 Å². The number of halogens is 2. The van der Waals surface area contributed by atoms with Crippen LogP contribution >= 0.6 is 0 Å². The van der Waals surface area contributed by atoms with Crippen LogP contribution in [0.3, 0.4) is 0 Å². The molecule has 0 spiro atoms. The van der Waals surface area contributed by atoms with E-state index in [9.17, 15) is 8.78 Å². The van der Waals surface area contributed by atoms with Crippen molar-refractivity contribution in [1.82, 2.24) is 0 Å². The molecule has 100 valence electrons. The highest BCUT2D eigenvalue weighted by Crippen LogP contribution is 2.39. The second kappa shape index (κ2) is 5.35. The van der Waals surface area contributed by atoms with Crippen LogP contribution in [0.25, 0.3) is 0 Å². The van der Waals surface area contributed by atoms with E-state index in [-0.39, 0.29) is 5.92 Å². The molecule has 1 nitrogen and oxygen atoms in total. The number of nitrogens with two attached hydrogens (primary N) is 1. The molecule has 18 heavy (non-hydrogen) atoms. The third-order valence-corrected chi connectivity index (χ3v) is 4.04. The summed E-state index contributed by atoms with van der Waals surface area (Å²) in [6, 6.07) is 3.15. The third-order valence-electron chi connectivity index (χ3n) is 4.04. The molecule has 3 unspecified atom stereocenters. The second-order valence-electron chi connectivity index (χ2n) is 5.87. The maximum Gasteiger partial charge on any atom is 0.128 e. The van der Waals surface area contributed by atoms with Crippen LogP contribution in [-0.2, 0) is 0 Å². The fourth-order valence-electron chi connectivity index (χ4n) is 3.33. The second-order valence-corrected chi connectivity index (χ2v) is 5.87. The molecular weight excluding hydrogens is 232 g/mol. The lowest BCUT2D eigenvalue weighted by atomic mass is 9.72. The summed E-state index contributed by atoms with van der Waals surface area (Å²) in [6.07, 6.45) is 3.21. The predicted octanol–water partition coefficient (Wildman–Crippen LogP) is 4.04. The van der Waals surface area contributed by atoms with Gasteiger partial charge in [-0.3, -0.25) is 0 Å². The first-order valence-electron chi connectivity index (χ1n) is 6.68. The molecule has 1 aromatic carbocycles. The fourth-order valence-corrected chi connectivity index (χ4v) is 3.33. The molecule has 1 aromatic rings. The van der Waals surface area contributed by atoms with Crippen molar-refractivity contribution < 1.29 is 8.78 Å². The molecule has 2 N–H and O–H groups in total. The van der Waals surface area contributed by atoms with Gasteiger partial charge in [0.15, 0.2) is 0 Å². The topological polar surface area (TPSA) is 26.0 Å². The minimum Gasteiger partial charge on any atom is -0.324 e. The molecule has 0 heterocycles. The summed E-state index contributed by atoms with van der Waals surface area (Å²) in [5.74, 6) is 0.663. The van der Waals surface area contributed by atoms with Gasteiger partial charge in [0.25, 0.3) is 0 Å². The molecule has 3 heteroatoms. The maximum atomic E-state index is 13.7. The Kier molecular flexibility index (Phi) is 4.00. The third kappa shape index (κ3) is 2.89. The minimum atomic E-state index is -0.418. The molecule has 1 aliphatic rings. The Morgan fingerprint density at radius 1 is 1.11 bits per heavy atom. The van der Waals surface area contributed by atoms with Crippen LogP contribution in [-0.4, -0.2) is 0 Å². The molecule has 0 saturated heterocycles. The summed E-state index contributed by atoms with van der Waals surface area (Å²) in [5.41, 5.74) is 6.48. The van der Waals surface area contributed by atoms with Crippen molar-refractivity contribution in [3.05, 3.63) is 35.4 Å². The van der Waals surface area contributed by atoms with Gasteiger partial charge in [0.1, 0.15) is 11.6 Å². The molecule has 0 aromatic heterocycles. The van der Waals surface area contributed by atoms with Gasteiger partial charge < -0.3 is 5.73 Å². The van der Waals surface area contributed by atoms with Crippen molar-refractivity contribution in [3.8, 4) is 0 Å². The quantitative estimate of drug-likeness (QED) is 0.845. The van der Waals surface area contributed by atoms with Crippen molar-refractivity contribution in [2.75, 3.05) is 0 Å². The predicted molar refractivity (Wildman–Crippen MR) is 69.0 cm³/mol. The van der Waals surface area contributed by atoms with Crippen LogP contribution in [0.2, 0.25) is 0 Å². The maximum absolute atomic E-state index is 13.7. The van der Waals surface area contributed by atoms with Gasteiger partial charge in [-0.15, -0.1) is 0 Å². The Labute approximate surface area is 107 Å². The molecule has 2 rings (SSSR count). The SMILES string of the molecule is CC1CC(C)CC(C(N)c2cc(F)ccc2F)C1. The molecule has 0 amide bonds. The highest BCUT2D eigenvalue weighted by Gasteiger charge is 2.30. The number of benzene rings is 1. The van der Waals surface area contributed by atoms with E-state index < -0.39 is 17.7 Å². The van der Waals surface area contributed by atoms with Crippen molar-refractivity contribution in [2.24, 2.45) is 23.5 Å². The Morgan fingerprint density at radius 2 is 1.72 bits per heavy atom. The Hall–Kier alpha value is -0.960. The number of rotatable bonds is 2. The van der Waals surface area contributed by atoms with E-state index in [1.165, 1.54) is 18.6 Å². The first-order chi connectivity index (χ1) is 8.47. The Morgan fingerprint density at radius 3 is 2.33 bits per heavy atom. The highest BCUT2D eigenvalue weighted by atomic mass is 19.1. The first kappa shape index (κ1) is 13.5. The zero-order valence-corrected chi connectivity index (χ0v) is 11.0. The molecule has 0 radical (unpaired) electrons. The van der Waals surface area contributed by atoms with E-state index in [1.54, 1.807) is 0 Å². The fraction of sp³-hybridized carbons (Fsp3) is 0.600. The summed E-state index contributed by atoms with van der Waals surface area (Å²) >= 11 is 0. The normalized spacial score (nSPS) is 30.2. The lowest BCUT2D eigenvalue weighted by molar-refractivity contribution is 0.191. The first-order valence-corrected chi connectivity index (χ1v) is 6.68. The van der Waals surface area contributed by atoms with E-state index in [0.29, 0.717) is 17.4 Å². The van der Waals surface area contributed by atoms with Gasteiger partial charge in [0.05, 0.1) is 0 Å². The monoisotopic (exact) mass is 253 g/mol. The van der Waals surface area contributed by atoms with Gasteiger partial charge in [0, 0.05) is 11.6 Å². The van der Waals surface area contributed by atoms with Gasteiger partial charge >= 0.3 is 0 Å². The molecule has 1 aliphatic carbocycles. The van der Waals surface area contributed by atoms with Crippen LogP contribution in [0.1, 0.15) is 44.7 Å². The van der Waals surface area contributed by atoms with Crippen molar-refractivity contribution >= 4 is 0 Å². The summed E-state index contributed by atoms with van der Waals surface area (Å²) in [6.45, 7) is 4.41. The van der Waals surface area contributed by atoms with Gasteiger partial charge in [-0.05, 0) is 55.2 Å². The summed E-state index contributed by atoms with van der Waals surface area (Å²) in [5, 5.41) is 0. The van der Waals surface area contributed by atoms with Crippen molar-refractivity contribution in [2.45, 2.75) is 39.2 Å². The van der Waals surface area contributed by atoms with Gasteiger partial charge in [-0.1, -0.05) is 13.8 Å². The standard InChI is InChI=1S/C15H21F2N/c1-9-5-10(2)7-11(6-9)15(18)13-8-12(16)3-4-14(13)17/h3-4,8-11,15H,5-7,18H2,1-2H3. The van der Waals surface area contributed by atoms with Crippen LogP contribution < -0.4 is 5.73 Å². The van der Waals surface area contributed by atoms with E-state index in [1.807, 2.05) is 0 Å². The van der Waals surface area contributed by atoms with Crippen LogP contribution in [0, 0.1) is 29.4 Å². The Bertz CT molecular complexity index is 409. The Balaban J connectivity index is 2.19. The van der Waals surface area contributed by atoms with Crippen LogP contribution in [0.15, 0.2) is 18.2 Å². The molecular formula is C15H21F2N. The largest absolute Gasteiger partial charge is 0.324 e. The van der Waals surface area contributed by atoms with Gasteiger partial charge in [0.2, 0.25) is 0 Å². The summed E-state index contributed by atoms with van der Waals surface area (Å²) < 4.78 is 26.9. The van der Waals surface area contributed by atoms with Gasteiger partial charge in [-0.2, -0.15) is 0 Å². The minimum absolute atomic E-state index is 0.250. The number of hydrogen-bond donors (Lipinski definition) is 1. The van der Waals surface area contributed by atoms with Crippen molar-refractivity contribution in [1.29, 1.82) is 0 Å².